The normalized spacial score (nSPS) is 9.95. The molecule has 0 amide bonds. The Morgan fingerprint density at radius 3 is 0.870 bits per heavy atom. The van der Waals surface area contributed by atoms with Gasteiger partial charge in [0.15, 0.2) is 40.3 Å². The number of benzene rings is 9. The maximum absolute atomic E-state index is 12.9. The van der Waals surface area contributed by atoms with Crippen molar-refractivity contribution >= 4 is 141 Å². The number of ether oxygens (including phenoxy) is 8. The number of thiazole rings is 1. The van der Waals surface area contributed by atoms with E-state index in [-0.39, 0.29) is 70.4 Å². The zero-order chi connectivity index (χ0) is 99.4. The number of nitrogens with zero attached hydrogens (tertiary/aromatic N) is 5. The van der Waals surface area contributed by atoms with E-state index in [0.29, 0.717) is 62.0 Å². The van der Waals surface area contributed by atoms with Crippen LogP contribution in [0.4, 0.5) is 0 Å². The van der Waals surface area contributed by atoms with Crippen LogP contribution < -0.4 is 14.2 Å². The van der Waals surface area contributed by atoms with Crippen LogP contribution in [0.3, 0.4) is 0 Å². The van der Waals surface area contributed by atoms with Crippen molar-refractivity contribution < 1.29 is 90.6 Å². The van der Waals surface area contributed by atoms with E-state index in [2.05, 4.69) is 78.5 Å². The Balaban J connectivity index is 0.000000175. The van der Waals surface area contributed by atoms with E-state index in [0.717, 1.165) is 92.7 Å². The summed E-state index contributed by atoms with van der Waals surface area (Å²) in [6, 6.07) is 79.0. The molecule has 31 heteroatoms. The van der Waals surface area contributed by atoms with Gasteiger partial charge in [-0.15, -0.1) is 11.3 Å². The molecule has 0 saturated heterocycles. The number of carbonyl (C=O) groups excluding carboxylic acids is 11. The van der Waals surface area contributed by atoms with Gasteiger partial charge in [-0.2, -0.15) is 0 Å². The molecule has 10 heterocycles. The minimum atomic E-state index is -0.371. The highest BCUT2D eigenvalue weighted by Crippen LogP contribution is 2.39. The summed E-state index contributed by atoms with van der Waals surface area (Å²) in [4.78, 5) is 162. The summed E-state index contributed by atoms with van der Waals surface area (Å²) in [5.41, 5.74) is 13.2. The van der Waals surface area contributed by atoms with Gasteiger partial charge in [-0.05, 0) is 85.8 Å². The molecular weight excluding hydrogens is 1780 g/mol. The molecule has 0 aliphatic rings. The number of ketones is 6. The quantitative estimate of drug-likeness (QED) is 0.0297. The number of aryl methyl sites for hydroxylation is 1. The minimum absolute atomic E-state index is 0.00412. The van der Waals surface area contributed by atoms with Crippen LogP contribution in [0.2, 0.25) is 0 Å². The third-order valence-electron chi connectivity index (χ3n) is 19.8. The van der Waals surface area contributed by atoms with E-state index in [1.54, 1.807) is 116 Å². The first-order chi connectivity index (χ1) is 66.8. The van der Waals surface area contributed by atoms with E-state index in [1.165, 1.54) is 95.9 Å². The van der Waals surface area contributed by atoms with Crippen LogP contribution in [0.5, 0.6) is 17.2 Å². The molecule has 0 spiro atoms. The lowest BCUT2D eigenvalue weighted by Crippen LogP contribution is -2.05. The average molecular weight is 1880 g/mol. The first-order valence-corrected chi connectivity index (χ1v) is 43.0. The Kier molecular flexibility index (Phi) is 40.2. The fourth-order valence-electron chi connectivity index (χ4n) is 12.8. The average Bonchev–Trinajstić information content (AvgIpc) is 1.55. The van der Waals surface area contributed by atoms with Crippen molar-refractivity contribution in [1.82, 2.24) is 54.8 Å². The Hall–Kier alpha value is -18.0. The highest BCUT2D eigenvalue weighted by Gasteiger charge is 2.23. The van der Waals surface area contributed by atoms with Gasteiger partial charge >= 0.3 is 29.8 Å². The predicted molar refractivity (Wildman–Crippen MR) is 529 cm³/mol. The fraction of sp³-hybridized carbons (Fsp3) is 0.121. The number of carbonyl (C=O) groups is 11. The van der Waals surface area contributed by atoms with E-state index in [4.69, 9.17) is 14.2 Å². The number of fused-ring (bicyclic) bond motifs is 6. The van der Waals surface area contributed by atoms with E-state index in [1.807, 2.05) is 219 Å². The maximum Gasteiger partial charge on any atom is 0.357 e. The third-order valence-corrected chi connectivity index (χ3v) is 20.5. The van der Waals surface area contributed by atoms with Crippen LogP contribution in [-0.2, 0) is 42.9 Å². The summed E-state index contributed by atoms with van der Waals surface area (Å²) in [5, 5.41) is 8.16. The SMILES string of the molecule is COC(=O)c1csc(C)n1.COC(C)=O.COC(C)=O.COC(C)=O.COC(C)=O.COc1cc(C(=O)c2c[nH]c3ccccc23)cc(OC)c1OC.O=C(c1ccccc1)c1c[nH]c2ccccc12.O=C(c1ccccc1)c1c[nH]c2ccccc12.O=C(c1ccccn1)c1c[nH]c2ccccc12.O=C(c1cccnc1)c1c[nH]c2ccccc12.O=C(c1ncccn1)c1c[nH]c2ccccc12. The van der Waals surface area contributed by atoms with Crippen molar-refractivity contribution in [2.45, 2.75) is 34.6 Å². The third kappa shape index (κ3) is 29.2. The first-order valence-electron chi connectivity index (χ1n) is 42.1. The number of H-pyrrole nitrogens is 6. The lowest BCUT2D eigenvalue weighted by molar-refractivity contribution is -0.138. The number of hydrogen-bond donors (Lipinski definition) is 6. The van der Waals surface area contributed by atoms with Gasteiger partial charge in [0.2, 0.25) is 23.1 Å². The molecule has 9 aromatic carbocycles. The predicted octanol–water partition coefficient (Wildman–Crippen LogP) is 20.0. The number of hydrogen-bond acceptors (Lipinski definition) is 25. The number of pyridine rings is 2. The Morgan fingerprint density at radius 1 is 0.283 bits per heavy atom. The monoisotopic (exact) mass is 1870 g/mol. The van der Waals surface area contributed by atoms with Gasteiger partial charge in [0.1, 0.15) is 5.69 Å². The fourth-order valence-corrected chi connectivity index (χ4v) is 13.4. The molecule has 30 nitrogen and oxygen atoms in total. The number of methoxy groups -OCH3 is 8. The molecule has 702 valence electrons. The van der Waals surface area contributed by atoms with Gasteiger partial charge in [0.05, 0.1) is 67.4 Å². The molecule has 0 aliphatic heterocycles. The van der Waals surface area contributed by atoms with Crippen molar-refractivity contribution in [2.75, 3.05) is 56.9 Å². The molecule has 0 aliphatic carbocycles. The molecule has 0 unspecified atom stereocenters. The Labute approximate surface area is 797 Å². The number of aromatic amines is 6. The Morgan fingerprint density at radius 2 is 0.580 bits per heavy atom. The second kappa shape index (κ2) is 53.5. The lowest BCUT2D eigenvalue weighted by atomic mass is 10.0. The van der Waals surface area contributed by atoms with Crippen molar-refractivity contribution in [1.29, 1.82) is 0 Å². The van der Waals surface area contributed by atoms with Gasteiger partial charge in [-0.3, -0.25) is 57.9 Å². The summed E-state index contributed by atoms with van der Waals surface area (Å²) >= 11 is 1.44. The van der Waals surface area contributed by atoms with Crippen LogP contribution in [0, 0.1) is 6.92 Å². The molecule has 0 radical (unpaired) electrons. The zero-order valence-electron chi connectivity index (χ0n) is 77.6. The van der Waals surface area contributed by atoms with Crippen LogP contribution in [-0.4, -0.2) is 176 Å². The van der Waals surface area contributed by atoms with Crippen molar-refractivity contribution in [3.8, 4) is 17.2 Å². The Bertz CT molecular complexity index is 6490. The van der Waals surface area contributed by atoms with Crippen LogP contribution in [0.25, 0.3) is 65.4 Å². The van der Waals surface area contributed by atoms with E-state index >= 15 is 0 Å². The minimum Gasteiger partial charge on any atom is -0.493 e. The van der Waals surface area contributed by atoms with E-state index < -0.39 is 0 Å². The van der Waals surface area contributed by atoms with Gasteiger partial charge in [0, 0.05) is 217 Å². The van der Waals surface area contributed by atoms with Gasteiger partial charge < -0.3 is 67.8 Å². The summed E-state index contributed by atoms with van der Waals surface area (Å²) in [5.74, 6) is 0.0246. The molecule has 10 aromatic heterocycles. The molecule has 0 saturated carbocycles. The van der Waals surface area contributed by atoms with Gasteiger partial charge in [-0.1, -0.05) is 176 Å². The van der Waals surface area contributed by atoms with Crippen LogP contribution in [0.1, 0.15) is 139 Å². The summed E-state index contributed by atoms with van der Waals surface area (Å²) < 4.78 is 36.8. The molecule has 6 N–H and O–H groups in total. The van der Waals surface area contributed by atoms with Crippen molar-refractivity contribution in [3.63, 3.8) is 0 Å². The maximum atomic E-state index is 12.9. The van der Waals surface area contributed by atoms with Gasteiger partial charge in [0.25, 0.3) is 0 Å². The first kappa shape index (κ1) is 104. The number of rotatable bonds is 16. The van der Waals surface area contributed by atoms with Gasteiger partial charge in [-0.25, -0.2) is 19.7 Å². The molecular formula is C107H99N11O19S. The standard InChI is InChI=1S/C18H17NO4.2C15H11NO.2C14H10N2O.C13H9N3O.C6H7NO2S.4C3H6O2/c1-21-15-8-11(9-16(22-2)18(15)23-3)17(20)13-10-19-14-7-5-4-6-12(13)14;2*17-15(11-6-2-1-3-7-11)13-10-16-14-9-5-4-8-12(13)14;17-14(10-4-3-7-15-8-10)12-9-16-13-6-2-1-5-11(12)13;17-14(13-7-3-4-8-15-13)11-9-16-12-6-2-1-5-10(11)12;17-12(13-14-6-3-7-15-13)10-8-16-11-5-2-1-4-9(10)11;1-4-7-5(3-10-4)6(8)9-2;4*1-3(4)5-2/h4-10,19H,1-3H3;2*1-10,16H;2*1-9,16H;1-8,16H;3H,1-2H3;4*1-2H3. The molecule has 19 aromatic rings. The highest BCUT2D eigenvalue weighted by molar-refractivity contribution is 7.09. The zero-order valence-corrected chi connectivity index (χ0v) is 78.4. The van der Waals surface area contributed by atoms with Crippen molar-refractivity contribution in [2.24, 2.45) is 0 Å². The number of aromatic nitrogens is 11. The molecule has 0 bridgehead atoms. The number of esters is 5. The lowest BCUT2D eigenvalue weighted by Gasteiger charge is -2.13. The number of para-hydroxylation sites is 6. The topological polar surface area (TPSA) is 421 Å². The molecule has 138 heavy (non-hydrogen) atoms. The second-order valence-corrected chi connectivity index (χ2v) is 29.7. The molecule has 0 fully saturated rings. The summed E-state index contributed by atoms with van der Waals surface area (Å²) in [6.45, 7) is 7.29. The smallest absolute Gasteiger partial charge is 0.357 e. The number of nitrogens with one attached hydrogen (secondary N) is 6. The molecule has 0 atom stereocenters. The summed E-state index contributed by atoms with van der Waals surface area (Å²) in [7, 11) is 11.3. The van der Waals surface area contributed by atoms with Crippen LogP contribution >= 0.6 is 11.3 Å². The van der Waals surface area contributed by atoms with E-state index in [9.17, 15) is 52.7 Å². The highest BCUT2D eigenvalue weighted by atomic mass is 32.1. The second-order valence-electron chi connectivity index (χ2n) is 28.7. The molecule has 19 rings (SSSR count). The van der Waals surface area contributed by atoms with Crippen molar-refractivity contribution in [3.05, 3.63) is 406 Å². The summed E-state index contributed by atoms with van der Waals surface area (Å²) in [6.07, 6.45) is 18.5. The largest absolute Gasteiger partial charge is 0.493 e. The van der Waals surface area contributed by atoms with Crippen LogP contribution in [0.15, 0.2) is 328 Å².